The van der Waals surface area contributed by atoms with E-state index in [4.69, 9.17) is 5.73 Å². The number of nitrogens with zero attached hydrogens (tertiary/aromatic N) is 1. The van der Waals surface area contributed by atoms with Crippen LogP contribution in [0.1, 0.15) is 22.8 Å². The Morgan fingerprint density at radius 1 is 1.13 bits per heavy atom. The Morgan fingerprint density at radius 2 is 1.87 bits per heavy atom. The van der Waals surface area contributed by atoms with Gasteiger partial charge in [0.2, 0.25) is 5.91 Å². The summed E-state index contributed by atoms with van der Waals surface area (Å²) in [6, 6.07) is 9.47. The highest BCUT2D eigenvalue weighted by Crippen LogP contribution is 2.20. The fraction of sp³-hybridized carbons (Fsp3) is 0.176. The number of amides is 1. The van der Waals surface area contributed by atoms with Crippen LogP contribution < -0.4 is 10.6 Å². The fourth-order valence-corrected chi connectivity index (χ4v) is 2.17. The first kappa shape index (κ1) is 16.8. The first-order chi connectivity index (χ1) is 10.9. The van der Waals surface area contributed by atoms with Gasteiger partial charge in [0.25, 0.3) is 0 Å². The molecule has 2 rings (SSSR count). The van der Waals surface area contributed by atoms with Gasteiger partial charge < -0.3 is 10.6 Å². The Morgan fingerprint density at radius 3 is 2.43 bits per heavy atom. The number of rotatable bonds is 5. The molecule has 0 saturated carbocycles. The standard InChI is InChI=1S/C17H16F2N2O2/c1-11(22)21(15-4-2-3-14(18)8-15)10-13-6-5-12(7-16(13)19)17(23)9-20/h2-8H,9-10,20H2,1H3. The molecule has 2 aromatic carbocycles. The molecule has 2 N–H and O–H groups in total. The number of carbonyl (C=O) groups is 2. The molecule has 0 aromatic heterocycles. The second kappa shape index (κ2) is 7.11. The second-order valence-corrected chi connectivity index (χ2v) is 5.02. The fourth-order valence-electron chi connectivity index (χ4n) is 2.17. The van der Waals surface area contributed by atoms with Crippen molar-refractivity contribution >= 4 is 17.4 Å². The van der Waals surface area contributed by atoms with Gasteiger partial charge in [-0.2, -0.15) is 0 Å². The lowest BCUT2D eigenvalue weighted by molar-refractivity contribution is -0.116. The van der Waals surface area contributed by atoms with Crippen LogP contribution in [0.15, 0.2) is 42.5 Å². The minimum atomic E-state index is -0.619. The van der Waals surface area contributed by atoms with Gasteiger partial charge in [0, 0.05) is 23.7 Å². The molecule has 23 heavy (non-hydrogen) atoms. The van der Waals surface area contributed by atoms with E-state index in [0.717, 1.165) is 6.07 Å². The molecule has 0 aliphatic carbocycles. The van der Waals surface area contributed by atoms with Crippen molar-refractivity contribution < 1.29 is 18.4 Å². The van der Waals surface area contributed by atoms with Gasteiger partial charge in [-0.1, -0.05) is 18.2 Å². The summed E-state index contributed by atoms with van der Waals surface area (Å²) >= 11 is 0. The normalized spacial score (nSPS) is 10.4. The van der Waals surface area contributed by atoms with Crippen molar-refractivity contribution in [2.24, 2.45) is 5.73 Å². The molecule has 0 unspecified atom stereocenters. The summed E-state index contributed by atoms with van der Waals surface area (Å²) in [5.74, 6) is -1.83. The zero-order valence-electron chi connectivity index (χ0n) is 12.6. The van der Waals surface area contributed by atoms with Gasteiger partial charge in [0.05, 0.1) is 13.1 Å². The van der Waals surface area contributed by atoms with E-state index in [0.29, 0.717) is 5.69 Å². The van der Waals surface area contributed by atoms with Crippen LogP contribution in [0.3, 0.4) is 0 Å². The molecule has 120 valence electrons. The molecule has 0 aliphatic heterocycles. The second-order valence-electron chi connectivity index (χ2n) is 5.02. The minimum Gasteiger partial charge on any atom is -0.324 e. The maximum absolute atomic E-state index is 14.2. The van der Waals surface area contributed by atoms with Gasteiger partial charge in [-0.15, -0.1) is 0 Å². The van der Waals surface area contributed by atoms with Crippen molar-refractivity contribution in [1.29, 1.82) is 0 Å². The summed E-state index contributed by atoms with van der Waals surface area (Å²) in [6.07, 6.45) is 0. The van der Waals surface area contributed by atoms with Gasteiger partial charge in [0.15, 0.2) is 5.78 Å². The number of hydrogen-bond acceptors (Lipinski definition) is 3. The maximum atomic E-state index is 14.2. The van der Waals surface area contributed by atoms with Gasteiger partial charge >= 0.3 is 0 Å². The average Bonchev–Trinajstić information content (AvgIpc) is 2.52. The van der Waals surface area contributed by atoms with Crippen LogP contribution in [-0.2, 0) is 11.3 Å². The van der Waals surface area contributed by atoms with Crippen molar-refractivity contribution in [1.82, 2.24) is 0 Å². The maximum Gasteiger partial charge on any atom is 0.224 e. The van der Waals surface area contributed by atoms with Gasteiger partial charge in [-0.25, -0.2) is 8.78 Å². The summed E-state index contributed by atoms with van der Waals surface area (Å²) in [5, 5.41) is 0. The lowest BCUT2D eigenvalue weighted by atomic mass is 10.1. The highest BCUT2D eigenvalue weighted by molar-refractivity contribution is 5.97. The number of halogens is 2. The van der Waals surface area contributed by atoms with Crippen LogP contribution in [0.25, 0.3) is 0 Å². The lowest BCUT2D eigenvalue weighted by Crippen LogP contribution is -2.28. The number of nitrogens with two attached hydrogens (primary N) is 1. The quantitative estimate of drug-likeness (QED) is 0.862. The number of Topliss-reactive ketones (excluding diaryl/α,β-unsaturated/α-hetero) is 1. The first-order valence-electron chi connectivity index (χ1n) is 6.97. The molecule has 1 amide bonds. The Balaban J connectivity index is 2.31. The molecule has 0 atom stereocenters. The molecule has 6 heteroatoms. The van der Waals surface area contributed by atoms with Crippen molar-refractivity contribution in [2.45, 2.75) is 13.5 Å². The van der Waals surface area contributed by atoms with E-state index in [1.54, 1.807) is 6.07 Å². The summed E-state index contributed by atoms with van der Waals surface area (Å²) in [5.41, 5.74) is 5.97. The molecular weight excluding hydrogens is 302 g/mol. The number of anilines is 1. The summed E-state index contributed by atoms with van der Waals surface area (Å²) in [7, 11) is 0. The minimum absolute atomic E-state index is 0.0677. The van der Waals surface area contributed by atoms with Gasteiger partial charge in [-0.3, -0.25) is 9.59 Å². The van der Waals surface area contributed by atoms with Crippen LogP contribution in [0.5, 0.6) is 0 Å². The highest BCUT2D eigenvalue weighted by atomic mass is 19.1. The third-order valence-corrected chi connectivity index (χ3v) is 3.39. The van der Waals surface area contributed by atoms with Crippen molar-refractivity contribution in [3.05, 3.63) is 65.2 Å². The Labute approximate surface area is 132 Å². The smallest absolute Gasteiger partial charge is 0.224 e. The molecule has 0 radical (unpaired) electrons. The number of benzene rings is 2. The number of ketones is 1. The van der Waals surface area contributed by atoms with Crippen molar-refractivity contribution in [2.75, 3.05) is 11.4 Å². The third kappa shape index (κ3) is 3.98. The first-order valence-corrected chi connectivity index (χ1v) is 6.97. The van der Waals surface area contributed by atoms with Crippen LogP contribution in [-0.4, -0.2) is 18.2 Å². The Kier molecular flexibility index (Phi) is 5.18. The zero-order valence-corrected chi connectivity index (χ0v) is 12.6. The number of carbonyl (C=O) groups excluding carboxylic acids is 2. The van der Waals surface area contributed by atoms with Gasteiger partial charge in [0.1, 0.15) is 11.6 Å². The topological polar surface area (TPSA) is 63.4 Å². The largest absolute Gasteiger partial charge is 0.324 e. The predicted octanol–water partition coefficient (Wildman–Crippen LogP) is 2.66. The monoisotopic (exact) mass is 318 g/mol. The van der Waals surface area contributed by atoms with Crippen LogP contribution in [0, 0.1) is 11.6 Å². The predicted molar refractivity (Wildman–Crippen MR) is 83.0 cm³/mol. The van der Waals surface area contributed by atoms with E-state index in [1.165, 1.54) is 42.2 Å². The molecule has 0 fully saturated rings. The molecule has 4 nitrogen and oxygen atoms in total. The third-order valence-electron chi connectivity index (χ3n) is 3.39. The molecule has 0 aliphatic rings. The van der Waals surface area contributed by atoms with Crippen LogP contribution in [0.2, 0.25) is 0 Å². The highest BCUT2D eigenvalue weighted by Gasteiger charge is 2.16. The van der Waals surface area contributed by atoms with Crippen molar-refractivity contribution in [3.8, 4) is 0 Å². The van der Waals surface area contributed by atoms with E-state index in [2.05, 4.69) is 0 Å². The summed E-state index contributed by atoms with van der Waals surface area (Å²) in [6.45, 7) is 1.04. The van der Waals surface area contributed by atoms with Gasteiger partial charge in [-0.05, 0) is 24.3 Å². The SMILES string of the molecule is CC(=O)N(Cc1ccc(C(=O)CN)cc1F)c1cccc(F)c1. The summed E-state index contributed by atoms with van der Waals surface area (Å²) < 4.78 is 27.5. The molecule has 0 saturated heterocycles. The van der Waals surface area contributed by atoms with E-state index >= 15 is 0 Å². The van der Waals surface area contributed by atoms with E-state index in [9.17, 15) is 18.4 Å². The average molecular weight is 318 g/mol. The lowest BCUT2D eigenvalue weighted by Gasteiger charge is -2.21. The Hall–Kier alpha value is -2.60. The molecule has 0 bridgehead atoms. The van der Waals surface area contributed by atoms with Crippen LogP contribution in [0.4, 0.5) is 14.5 Å². The molecule has 0 heterocycles. The molecule has 0 spiro atoms. The van der Waals surface area contributed by atoms with E-state index in [1.807, 2.05) is 0 Å². The van der Waals surface area contributed by atoms with E-state index in [-0.39, 0.29) is 35.9 Å². The zero-order chi connectivity index (χ0) is 17.0. The van der Waals surface area contributed by atoms with Crippen molar-refractivity contribution in [3.63, 3.8) is 0 Å². The number of hydrogen-bond donors (Lipinski definition) is 1. The molecule has 2 aromatic rings. The summed E-state index contributed by atoms with van der Waals surface area (Å²) in [4.78, 5) is 24.5. The Bertz CT molecular complexity index is 747. The van der Waals surface area contributed by atoms with E-state index < -0.39 is 11.6 Å². The van der Waals surface area contributed by atoms with Crippen LogP contribution >= 0.6 is 0 Å². The molecular formula is C17H16F2N2O2.